The van der Waals surface area contributed by atoms with E-state index < -0.39 is 0 Å². The number of hydrogen-bond acceptors (Lipinski definition) is 2. The van der Waals surface area contributed by atoms with Crippen molar-refractivity contribution in [2.75, 3.05) is 13.2 Å². The molecule has 0 aromatic rings. The van der Waals surface area contributed by atoms with Crippen molar-refractivity contribution in [1.29, 1.82) is 0 Å². The minimum atomic E-state index is 0.611. The minimum absolute atomic E-state index is 0.611. The van der Waals surface area contributed by atoms with Crippen LogP contribution in [0.15, 0.2) is 0 Å². The molecule has 1 saturated heterocycles. The molecule has 1 aliphatic rings. The minimum Gasteiger partial charge on any atom is -0.370 e. The highest BCUT2D eigenvalue weighted by molar-refractivity contribution is 4.86. The molecule has 0 aromatic heterocycles. The van der Waals surface area contributed by atoms with Crippen LogP contribution in [0, 0.1) is 6.10 Å². The third kappa shape index (κ3) is 0.533. The van der Waals surface area contributed by atoms with E-state index in [0.717, 1.165) is 19.1 Å². The molecule has 0 atom stereocenters. The quantitative estimate of drug-likeness (QED) is 0.483. The van der Waals surface area contributed by atoms with Gasteiger partial charge in [0, 0.05) is 13.0 Å². The lowest BCUT2D eigenvalue weighted by Gasteiger charge is -2.22. The molecule has 0 spiro atoms. The number of nitrogens with two attached hydrogens (primary N) is 1. The molecule has 1 aliphatic heterocycles. The lowest BCUT2D eigenvalue weighted by molar-refractivity contribution is 0.0443. The molecule has 2 heteroatoms. The maximum Gasteiger partial charge on any atom is 0.113 e. The summed E-state index contributed by atoms with van der Waals surface area (Å²) in [5.74, 6) is 0. The Hall–Kier alpha value is -0.0800. The van der Waals surface area contributed by atoms with Gasteiger partial charge in [-0.25, -0.2) is 0 Å². The van der Waals surface area contributed by atoms with Crippen LogP contribution < -0.4 is 5.73 Å². The number of ether oxygens (including phenoxy) is 1. The first-order valence-corrected chi connectivity index (χ1v) is 2.11. The Morgan fingerprint density at radius 1 is 1.83 bits per heavy atom. The van der Waals surface area contributed by atoms with Crippen molar-refractivity contribution in [2.24, 2.45) is 5.73 Å². The van der Waals surface area contributed by atoms with Crippen LogP contribution in [0.3, 0.4) is 0 Å². The van der Waals surface area contributed by atoms with E-state index in [1.165, 1.54) is 0 Å². The average molecular weight is 86.1 g/mol. The number of rotatable bonds is 1. The zero-order valence-corrected chi connectivity index (χ0v) is 3.61. The first-order valence-electron chi connectivity index (χ1n) is 2.11. The smallest absolute Gasteiger partial charge is 0.113 e. The van der Waals surface area contributed by atoms with Crippen molar-refractivity contribution >= 4 is 0 Å². The van der Waals surface area contributed by atoms with Gasteiger partial charge in [0.2, 0.25) is 0 Å². The lowest BCUT2D eigenvalue weighted by Crippen LogP contribution is -2.25. The van der Waals surface area contributed by atoms with Gasteiger partial charge >= 0.3 is 0 Å². The second kappa shape index (κ2) is 1.58. The van der Waals surface area contributed by atoms with Gasteiger partial charge in [-0.05, 0) is 0 Å². The van der Waals surface area contributed by atoms with Crippen molar-refractivity contribution in [1.82, 2.24) is 0 Å². The molecule has 1 rings (SSSR count). The molecular weight excluding hydrogens is 78.0 g/mol. The molecule has 0 aromatic carbocycles. The molecule has 0 unspecified atom stereocenters. The molecule has 1 fully saturated rings. The molecule has 1 heterocycles. The van der Waals surface area contributed by atoms with Gasteiger partial charge in [-0.15, -0.1) is 0 Å². The topological polar surface area (TPSA) is 35.2 Å². The predicted molar refractivity (Wildman–Crippen MR) is 22.9 cm³/mol. The van der Waals surface area contributed by atoms with Crippen LogP contribution in [0.1, 0.15) is 6.42 Å². The fourth-order valence-corrected chi connectivity index (χ4v) is 0.407. The van der Waals surface area contributed by atoms with Crippen LogP contribution in [-0.4, -0.2) is 13.2 Å². The summed E-state index contributed by atoms with van der Waals surface area (Å²) in [4.78, 5) is 0. The Labute approximate surface area is 37.3 Å². The van der Waals surface area contributed by atoms with Crippen LogP contribution in [0.2, 0.25) is 0 Å². The summed E-state index contributed by atoms with van der Waals surface area (Å²) in [5, 5.41) is 0. The van der Waals surface area contributed by atoms with E-state index >= 15 is 0 Å². The average Bonchev–Trinajstić information content (AvgIpc) is 1.31. The first-order chi connectivity index (χ1) is 2.93. The highest BCUT2D eigenvalue weighted by atomic mass is 16.5. The maximum absolute atomic E-state index is 5.17. The van der Waals surface area contributed by atoms with E-state index in [2.05, 4.69) is 0 Å². The zero-order chi connectivity index (χ0) is 4.41. The van der Waals surface area contributed by atoms with Crippen molar-refractivity contribution in [3.8, 4) is 0 Å². The fraction of sp³-hybridized carbons (Fsp3) is 0.750. The van der Waals surface area contributed by atoms with E-state index in [-0.39, 0.29) is 0 Å². The second-order valence-electron chi connectivity index (χ2n) is 1.34. The highest BCUT2D eigenvalue weighted by Crippen LogP contribution is 2.16. The van der Waals surface area contributed by atoms with Gasteiger partial charge in [0.25, 0.3) is 0 Å². The van der Waals surface area contributed by atoms with E-state index in [1.54, 1.807) is 0 Å². The summed E-state index contributed by atoms with van der Waals surface area (Å²) in [5.41, 5.74) is 5.17. The van der Waals surface area contributed by atoms with Crippen molar-refractivity contribution in [3.05, 3.63) is 6.10 Å². The van der Waals surface area contributed by atoms with Gasteiger partial charge in [0.1, 0.15) is 6.10 Å². The largest absolute Gasteiger partial charge is 0.370 e. The predicted octanol–water partition coefficient (Wildman–Crippen LogP) is -0.103. The Morgan fingerprint density at radius 3 is 2.50 bits per heavy atom. The van der Waals surface area contributed by atoms with E-state index in [1.807, 2.05) is 0 Å². The summed E-state index contributed by atoms with van der Waals surface area (Å²) in [6, 6.07) is 0. The normalized spacial score (nSPS) is 23.5. The summed E-state index contributed by atoms with van der Waals surface area (Å²) in [7, 11) is 0. The van der Waals surface area contributed by atoms with Gasteiger partial charge < -0.3 is 10.5 Å². The van der Waals surface area contributed by atoms with Crippen LogP contribution in [0.4, 0.5) is 0 Å². The Morgan fingerprint density at radius 2 is 2.50 bits per heavy atom. The first kappa shape index (κ1) is 4.09. The molecule has 0 amide bonds. The van der Waals surface area contributed by atoms with Gasteiger partial charge in [-0.3, -0.25) is 0 Å². The summed E-state index contributed by atoms with van der Waals surface area (Å²) >= 11 is 0. The molecule has 2 N–H and O–H groups in total. The van der Waals surface area contributed by atoms with Crippen LogP contribution in [-0.2, 0) is 4.74 Å². The Kier molecular flexibility index (Phi) is 1.08. The summed E-state index contributed by atoms with van der Waals surface area (Å²) in [6.07, 6.45) is 2.13. The summed E-state index contributed by atoms with van der Waals surface area (Å²) < 4.78 is 4.87. The van der Waals surface area contributed by atoms with E-state index in [9.17, 15) is 0 Å². The van der Waals surface area contributed by atoms with Gasteiger partial charge in [0.15, 0.2) is 0 Å². The maximum atomic E-state index is 5.17. The van der Waals surface area contributed by atoms with Gasteiger partial charge in [-0.1, -0.05) is 0 Å². The third-order valence-corrected chi connectivity index (χ3v) is 0.915. The second-order valence-corrected chi connectivity index (χ2v) is 1.34. The molecule has 6 heavy (non-hydrogen) atoms. The monoisotopic (exact) mass is 86.1 g/mol. The molecular formula is C4H8NO. The zero-order valence-electron chi connectivity index (χ0n) is 3.61. The lowest BCUT2D eigenvalue weighted by atomic mass is 10.2. The number of hydrogen-bond donors (Lipinski definition) is 1. The van der Waals surface area contributed by atoms with Crippen LogP contribution in [0.25, 0.3) is 0 Å². The van der Waals surface area contributed by atoms with Crippen LogP contribution in [0.5, 0.6) is 0 Å². The molecule has 0 bridgehead atoms. The third-order valence-electron chi connectivity index (χ3n) is 0.915. The summed E-state index contributed by atoms with van der Waals surface area (Å²) in [6.45, 7) is 1.49. The van der Waals surface area contributed by atoms with Crippen molar-refractivity contribution in [3.63, 3.8) is 0 Å². The van der Waals surface area contributed by atoms with Gasteiger partial charge in [-0.2, -0.15) is 0 Å². The van der Waals surface area contributed by atoms with Crippen LogP contribution >= 0.6 is 0 Å². The molecule has 0 aliphatic carbocycles. The highest BCUT2D eigenvalue weighted by Gasteiger charge is 2.15. The molecule has 35 valence electrons. The molecule has 2 nitrogen and oxygen atoms in total. The molecule has 0 saturated carbocycles. The van der Waals surface area contributed by atoms with Crippen molar-refractivity contribution in [2.45, 2.75) is 6.42 Å². The fourth-order valence-electron chi connectivity index (χ4n) is 0.407. The Bertz CT molecular complexity index is 40.1. The van der Waals surface area contributed by atoms with Gasteiger partial charge in [0.05, 0.1) is 6.61 Å². The van der Waals surface area contributed by atoms with Crippen molar-refractivity contribution < 1.29 is 4.74 Å². The van der Waals surface area contributed by atoms with E-state index in [0.29, 0.717) is 6.54 Å². The van der Waals surface area contributed by atoms with E-state index in [4.69, 9.17) is 10.5 Å². The SMILES string of the molecule is NC[C]1CCO1. The standard InChI is InChI=1S/C4H8NO/c5-3-4-1-2-6-4/h1-3,5H2. The Balaban J connectivity index is 2.01. The molecule has 1 radical (unpaired) electrons.